The minimum Gasteiger partial charge on any atom is -0.491 e. The van der Waals surface area contributed by atoms with Crippen LogP contribution in [-0.2, 0) is 6.42 Å². The SMILES string of the molecule is COc1cc(-c2ccc3c(n2)C(C)N(c2cn[nH]c2CC(F)(F)F)C3=O)cnc1OC. The summed E-state index contributed by atoms with van der Waals surface area (Å²) in [6.07, 6.45) is -2.87. The van der Waals surface area contributed by atoms with Gasteiger partial charge in [-0.25, -0.2) is 9.97 Å². The van der Waals surface area contributed by atoms with Gasteiger partial charge in [0.2, 0.25) is 0 Å². The van der Waals surface area contributed by atoms with Gasteiger partial charge in [0.25, 0.3) is 11.8 Å². The minimum atomic E-state index is -4.44. The molecule has 0 radical (unpaired) electrons. The van der Waals surface area contributed by atoms with Crippen LogP contribution in [0.25, 0.3) is 11.3 Å². The number of pyridine rings is 2. The lowest BCUT2D eigenvalue weighted by molar-refractivity contribution is -0.127. The Morgan fingerprint density at radius 3 is 2.65 bits per heavy atom. The van der Waals surface area contributed by atoms with Gasteiger partial charge in [0.15, 0.2) is 5.75 Å². The lowest BCUT2D eigenvalue weighted by Gasteiger charge is -2.21. The molecular weight excluding hydrogens is 415 g/mol. The lowest BCUT2D eigenvalue weighted by Crippen LogP contribution is -2.27. The second-order valence-electron chi connectivity index (χ2n) is 6.94. The summed E-state index contributed by atoms with van der Waals surface area (Å²) in [6, 6.07) is 4.38. The van der Waals surface area contributed by atoms with Crippen LogP contribution < -0.4 is 14.4 Å². The highest BCUT2D eigenvalue weighted by atomic mass is 19.4. The van der Waals surface area contributed by atoms with Gasteiger partial charge in [-0.3, -0.25) is 14.8 Å². The number of alkyl halides is 3. The lowest BCUT2D eigenvalue weighted by atomic mass is 10.1. The van der Waals surface area contributed by atoms with Crippen molar-refractivity contribution in [2.24, 2.45) is 0 Å². The number of halogens is 3. The van der Waals surface area contributed by atoms with E-state index >= 15 is 0 Å². The topological polar surface area (TPSA) is 93.2 Å². The number of ether oxygens (including phenoxy) is 2. The highest BCUT2D eigenvalue weighted by Gasteiger charge is 2.40. The summed E-state index contributed by atoms with van der Waals surface area (Å²) >= 11 is 0. The fraction of sp³-hybridized carbons (Fsp3) is 0.300. The smallest absolute Gasteiger partial charge is 0.394 e. The van der Waals surface area contributed by atoms with Crippen LogP contribution in [-0.4, -0.2) is 46.5 Å². The molecule has 1 N–H and O–H groups in total. The number of aromatic amines is 1. The van der Waals surface area contributed by atoms with Gasteiger partial charge in [0.05, 0.1) is 61.2 Å². The third-order valence-corrected chi connectivity index (χ3v) is 5.02. The Morgan fingerprint density at radius 2 is 1.97 bits per heavy atom. The molecule has 4 heterocycles. The molecular formula is C20H18F3N5O3. The normalized spacial score (nSPS) is 15.9. The van der Waals surface area contributed by atoms with Crippen molar-refractivity contribution >= 4 is 11.6 Å². The Labute approximate surface area is 175 Å². The van der Waals surface area contributed by atoms with Crippen LogP contribution >= 0.6 is 0 Å². The molecule has 3 aromatic rings. The Morgan fingerprint density at radius 1 is 1.19 bits per heavy atom. The van der Waals surface area contributed by atoms with Gasteiger partial charge in [-0.05, 0) is 25.1 Å². The summed E-state index contributed by atoms with van der Waals surface area (Å²) in [4.78, 5) is 23.0. The molecule has 8 nitrogen and oxygen atoms in total. The van der Waals surface area contributed by atoms with Crippen molar-refractivity contribution in [3.05, 3.63) is 47.5 Å². The van der Waals surface area contributed by atoms with E-state index in [1.165, 1.54) is 25.3 Å². The van der Waals surface area contributed by atoms with Crippen molar-refractivity contribution in [2.45, 2.75) is 25.6 Å². The van der Waals surface area contributed by atoms with Crippen LogP contribution in [0.3, 0.4) is 0 Å². The van der Waals surface area contributed by atoms with Crippen LogP contribution in [0.5, 0.6) is 11.6 Å². The van der Waals surface area contributed by atoms with Gasteiger partial charge in [-0.15, -0.1) is 0 Å². The maximum atomic E-state index is 13.0. The van der Waals surface area contributed by atoms with E-state index in [-0.39, 0.29) is 11.4 Å². The van der Waals surface area contributed by atoms with Crippen molar-refractivity contribution in [3.63, 3.8) is 0 Å². The number of anilines is 1. The van der Waals surface area contributed by atoms with Crippen molar-refractivity contribution in [1.29, 1.82) is 0 Å². The Balaban J connectivity index is 1.71. The first kappa shape index (κ1) is 20.6. The molecule has 1 unspecified atom stereocenters. The van der Waals surface area contributed by atoms with Crippen molar-refractivity contribution in [2.75, 3.05) is 19.1 Å². The van der Waals surface area contributed by atoms with E-state index in [1.54, 1.807) is 31.3 Å². The predicted molar refractivity (Wildman–Crippen MR) is 104 cm³/mol. The van der Waals surface area contributed by atoms with Gasteiger partial charge in [-0.1, -0.05) is 0 Å². The summed E-state index contributed by atoms with van der Waals surface area (Å²) in [7, 11) is 2.96. The zero-order valence-electron chi connectivity index (χ0n) is 16.8. The molecule has 0 aromatic carbocycles. The average molecular weight is 433 g/mol. The third-order valence-electron chi connectivity index (χ3n) is 5.02. The number of H-pyrrole nitrogens is 1. The Hall–Kier alpha value is -3.63. The fourth-order valence-corrected chi connectivity index (χ4v) is 3.60. The number of hydrogen-bond donors (Lipinski definition) is 1. The average Bonchev–Trinajstić information content (AvgIpc) is 3.27. The number of fused-ring (bicyclic) bond motifs is 1. The van der Waals surface area contributed by atoms with E-state index in [0.717, 1.165) is 0 Å². The minimum absolute atomic E-state index is 0.0853. The van der Waals surface area contributed by atoms with Gasteiger partial charge < -0.3 is 9.47 Å². The first-order valence-electron chi connectivity index (χ1n) is 9.25. The number of nitrogens with zero attached hydrogens (tertiary/aromatic N) is 4. The quantitative estimate of drug-likeness (QED) is 0.660. The van der Waals surface area contributed by atoms with Crippen LogP contribution in [0.4, 0.5) is 18.9 Å². The molecule has 0 bridgehead atoms. The number of nitrogens with one attached hydrogen (secondary N) is 1. The molecule has 0 saturated heterocycles. The standard InChI is InChI=1S/C20H18F3N5O3/c1-10-17-12(19(29)28(10)15-9-25-27-14(15)7-20(21,22)23)4-5-13(26-17)11-6-16(30-2)18(31-3)24-8-11/h4-6,8-10H,7H2,1-3H3,(H,25,27). The first-order chi connectivity index (χ1) is 14.7. The zero-order chi connectivity index (χ0) is 22.3. The van der Waals surface area contributed by atoms with Crippen molar-refractivity contribution in [3.8, 4) is 22.9 Å². The van der Waals surface area contributed by atoms with Gasteiger partial charge in [-0.2, -0.15) is 18.3 Å². The molecule has 162 valence electrons. The number of aromatic nitrogens is 4. The monoisotopic (exact) mass is 433 g/mol. The van der Waals surface area contributed by atoms with E-state index < -0.39 is 24.5 Å². The van der Waals surface area contributed by atoms with Crippen molar-refractivity contribution < 1.29 is 27.4 Å². The van der Waals surface area contributed by atoms with E-state index in [2.05, 4.69) is 20.2 Å². The van der Waals surface area contributed by atoms with Crippen LogP contribution in [0.2, 0.25) is 0 Å². The molecule has 1 atom stereocenters. The highest BCUT2D eigenvalue weighted by Crippen LogP contribution is 2.40. The van der Waals surface area contributed by atoms with E-state index in [0.29, 0.717) is 34.1 Å². The first-order valence-corrected chi connectivity index (χ1v) is 9.25. The molecule has 0 aliphatic carbocycles. The van der Waals surface area contributed by atoms with Crippen LogP contribution in [0.15, 0.2) is 30.6 Å². The summed E-state index contributed by atoms with van der Waals surface area (Å²) in [5.41, 5.74) is 1.86. The molecule has 3 aromatic heterocycles. The summed E-state index contributed by atoms with van der Waals surface area (Å²) in [5.74, 6) is 0.305. The summed E-state index contributed by atoms with van der Waals surface area (Å²) in [6.45, 7) is 1.71. The number of hydrogen-bond acceptors (Lipinski definition) is 6. The third kappa shape index (κ3) is 3.66. The fourth-order valence-electron chi connectivity index (χ4n) is 3.60. The zero-order valence-corrected chi connectivity index (χ0v) is 16.8. The number of rotatable bonds is 5. The molecule has 11 heteroatoms. The maximum Gasteiger partial charge on any atom is 0.394 e. The second kappa shape index (κ2) is 7.56. The van der Waals surface area contributed by atoms with Gasteiger partial charge >= 0.3 is 6.18 Å². The van der Waals surface area contributed by atoms with Crippen LogP contribution in [0, 0.1) is 0 Å². The molecule has 0 spiro atoms. The Kier molecular flexibility index (Phi) is 5.03. The summed E-state index contributed by atoms with van der Waals surface area (Å²) < 4.78 is 49.1. The van der Waals surface area contributed by atoms with E-state index in [1.807, 2.05) is 0 Å². The summed E-state index contributed by atoms with van der Waals surface area (Å²) in [5, 5.41) is 6.06. The van der Waals surface area contributed by atoms with Crippen LogP contribution in [0.1, 0.15) is 34.7 Å². The van der Waals surface area contributed by atoms with Gasteiger partial charge in [0, 0.05) is 11.8 Å². The second-order valence-corrected chi connectivity index (χ2v) is 6.94. The van der Waals surface area contributed by atoms with E-state index in [9.17, 15) is 18.0 Å². The van der Waals surface area contributed by atoms with Gasteiger partial charge in [0.1, 0.15) is 0 Å². The molecule has 0 fully saturated rings. The predicted octanol–water partition coefficient (Wildman–Crippen LogP) is 3.71. The molecule has 1 aliphatic heterocycles. The number of methoxy groups -OCH3 is 2. The molecule has 31 heavy (non-hydrogen) atoms. The molecule has 1 aliphatic rings. The number of carbonyl (C=O) groups excluding carboxylic acids is 1. The largest absolute Gasteiger partial charge is 0.491 e. The molecule has 1 amide bonds. The molecule has 4 rings (SSSR count). The van der Waals surface area contributed by atoms with E-state index in [4.69, 9.17) is 9.47 Å². The maximum absolute atomic E-state index is 13.0. The van der Waals surface area contributed by atoms with Crippen molar-refractivity contribution in [1.82, 2.24) is 20.2 Å². The Bertz CT molecular complexity index is 1150. The number of amides is 1. The molecule has 0 saturated carbocycles. The highest BCUT2D eigenvalue weighted by molar-refractivity contribution is 6.11. The number of carbonyl (C=O) groups is 1.